The van der Waals surface area contributed by atoms with Crippen LogP contribution in [0.15, 0.2) is 29.2 Å². The Morgan fingerprint density at radius 3 is 2.33 bits per heavy atom. The molecule has 0 bridgehead atoms. The van der Waals surface area contributed by atoms with Gasteiger partial charge in [-0.3, -0.25) is 0 Å². The van der Waals surface area contributed by atoms with E-state index in [1.807, 2.05) is 0 Å². The fourth-order valence-electron chi connectivity index (χ4n) is 1.05. The molecule has 1 N–H and O–H groups in total. The molecular formula is C9H12FNO2S2. The van der Waals surface area contributed by atoms with Crippen molar-refractivity contribution >= 4 is 22.7 Å². The summed E-state index contributed by atoms with van der Waals surface area (Å²) in [5, 5.41) is -0.462. The van der Waals surface area contributed by atoms with Crippen LogP contribution in [0.3, 0.4) is 0 Å². The van der Waals surface area contributed by atoms with E-state index in [0.717, 1.165) is 0 Å². The normalized spacial score (nSPS) is 13.8. The molecule has 0 amide bonds. The number of rotatable bonds is 4. The summed E-state index contributed by atoms with van der Waals surface area (Å²) in [6.07, 6.45) is 0. The van der Waals surface area contributed by atoms with Crippen LogP contribution in [-0.2, 0) is 16.7 Å². The number of sulfonamides is 1. The zero-order valence-corrected chi connectivity index (χ0v) is 9.85. The second kappa shape index (κ2) is 4.96. The zero-order valence-electron chi connectivity index (χ0n) is 8.14. The molecule has 0 saturated carbocycles. The summed E-state index contributed by atoms with van der Waals surface area (Å²) in [5.41, 5.74) is 0.452. The Hall–Kier alpha value is -0.590. The van der Waals surface area contributed by atoms with Crippen LogP contribution in [0.5, 0.6) is 0 Å². The average molecular weight is 249 g/mol. The molecular weight excluding hydrogens is 237 g/mol. The van der Waals surface area contributed by atoms with Crippen molar-refractivity contribution in [2.45, 2.75) is 23.9 Å². The van der Waals surface area contributed by atoms with E-state index in [4.69, 9.17) is 0 Å². The molecule has 15 heavy (non-hydrogen) atoms. The van der Waals surface area contributed by atoms with Crippen LogP contribution in [0.25, 0.3) is 0 Å². The van der Waals surface area contributed by atoms with Gasteiger partial charge >= 0.3 is 0 Å². The van der Waals surface area contributed by atoms with Crippen LogP contribution >= 0.6 is 12.6 Å². The van der Waals surface area contributed by atoms with Crippen molar-refractivity contribution in [2.24, 2.45) is 0 Å². The van der Waals surface area contributed by atoms with E-state index in [9.17, 15) is 12.8 Å². The standard InChI is InChI=1S/C9H12FNO2S2/c1-7(14)11-15(12,13)9-4-2-8(6-10)3-5-9/h2-5,7,11,14H,6H2,1H3. The topological polar surface area (TPSA) is 46.2 Å². The number of hydrogen-bond acceptors (Lipinski definition) is 3. The summed E-state index contributed by atoms with van der Waals surface area (Å²) < 4.78 is 37.7. The Morgan fingerprint density at radius 1 is 1.40 bits per heavy atom. The molecule has 0 radical (unpaired) electrons. The van der Waals surface area contributed by atoms with Crippen molar-refractivity contribution in [1.82, 2.24) is 4.72 Å². The summed E-state index contributed by atoms with van der Waals surface area (Å²) >= 11 is 3.93. The van der Waals surface area contributed by atoms with E-state index < -0.39 is 22.1 Å². The highest BCUT2D eigenvalue weighted by Gasteiger charge is 2.14. The van der Waals surface area contributed by atoms with E-state index >= 15 is 0 Å². The van der Waals surface area contributed by atoms with E-state index in [2.05, 4.69) is 17.4 Å². The van der Waals surface area contributed by atoms with Gasteiger partial charge in [0.1, 0.15) is 6.67 Å². The molecule has 1 rings (SSSR count). The predicted molar refractivity (Wildman–Crippen MR) is 60.0 cm³/mol. The van der Waals surface area contributed by atoms with Crippen molar-refractivity contribution in [2.75, 3.05) is 0 Å². The summed E-state index contributed by atoms with van der Waals surface area (Å²) in [5.74, 6) is 0. The van der Waals surface area contributed by atoms with Crippen molar-refractivity contribution in [3.05, 3.63) is 29.8 Å². The van der Waals surface area contributed by atoms with Gasteiger partial charge in [0.15, 0.2) is 0 Å². The summed E-state index contributed by atoms with van der Waals surface area (Å²) in [4.78, 5) is 0.112. The van der Waals surface area contributed by atoms with Gasteiger partial charge in [0.05, 0.1) is 10.3 Å². The molecule has 0 aliphatic carbocycles. The van der Waals surface area contributed by atoms with E-state index in [-0.39, 0.29) is 4.90 Å². The molecule has 1 atom stereocenters. The van der Waals surface area contributed by atoms with Crippen molar-refractivity contribution in [3.8, 4) is 0 Å². The first-order valence-corrected chi connectivity index (χ1v) is 6.31. The van der Waals surface area contributed by atoms with E-state index in [1.54, 1.807) is 6.92 Å². The fraction of sp³-hybridized carbons (Fsp3) is 0.333. The maximum atomic E-state index is 12.2. The number of hydrogen-bond donors (Lipinski definition) is 2. The lowest BCUT2D eigenvalue weighted by atomic mass is 10.2. The molecule has 6 heteroatoms. The van der Waals surface area contributed by atoms with E-state index in [0.29, 0.717) is 5.56 Å². The zero-order chi connectivity index (χ0) is 11.5. The van der Waals surface area contributed by atoms with Gasteiger partial charge in [0.2, 0.25) is 10.0 Å². The van der Waals surface area contributed by atoms with Gasteiger partial charge < -0.3 is 0 Å². The van der Waals surface area contributed by atoms with Gasteiger partial charge in [0, 0.05) is 0 Å². The SMILES string of the molecule is CC(S)NS(=O)(=O)c1ccc(CF)cc1. The molecule has 0 heterocycles. The van der Waals surface area contributed by atoms with Gasteiger partial charge in [-0.25, -0.2) is 12.8 Å². The molecule has 0 spiro atoms. The second-order valence-electron chi connectivity index (χ2n) is 3.07. The van der Waals surface area contributed by atoms with Gasteiger partial charge in [0.25, 0.3) is 0 Å². The number of benzene rings is 1. The molecule has 0 aliphatic rings. The van der Waals surface area contributed by atoms with Crippen LogP contribution in [0.4, 0.5) is 4.39 Å². The lowest BCUT2D eigenvalue weighted by molar-refractivity contribution is 0.485. The van der Waals surface area contributed by atoms with Gasteiger partial charge in [-0.2, -0.15) is 17.4 Å². The highest BCUT2D eigenvalue weighted by Crippen LogP contribution is 2.12. The first-order chi connectivity index (χ1) is 6.95. The molecule has 3 nitrogen and oxygen atoms in total. The molecule has 0 fully saturated rings. The second-order valence-corrected chi connectivity index (χ2v) is 5.56. The van der Waals surface area contributed by atoms with Crippen LogP contribution in [0, 0.1) is 0 Å². The highest BCUT2D eigenvalue weighted by atomic mass is 32.2. The van der Waals surface area contributed by atoms with Crippen LogP contribution in [0.1, 0.15) is 12.5 Å². The first-order valence-electron chi connectivity index (χ1n) is 4.31. The summed E-state index contributed by atoms with van der Waals surface area (Å²) in [6, 6.07) is 5.62. The van der Waals surface area contributed by atoms with E-state index in [1.165, 1.54) is 24.3 Å². The van der Waals surface area contributed by atoms with Gasteiger partial charge in [-0.05, 0) is 24.6 Å². The van der Waals surface area contributed by atoms with Crippen molar-refractivity contribution in [3.63, 3.8) is 0 Å². The first kappa shape index (κ1) is 12.5. The van der Waals surface area contributed by atoms with Gasteiger partial charge in [-0.15, -0.1) is 0 Å². The lowest BCUT2D eigenvalue weighted by Gasteiger charge is -2.08. The molecule has 0 aromatic heterocycles. The Bertz CT molecular complexity index is 414. The third-order valence-corrected chi connectivity index (χ3v) is 3.57. The molecule has 1 unspecified atom stereocenters. The lowest BCUT2D eigenvalue weighted by Crippen LogP contribution is -2.28. The quantitative estimate of drug-likeness (QED) is 0.630. The minimum absolute atomic E-state index is 0.112. The van der Waals surface area contributed by atoms with Gasteiger partial charge in [-0.1, -0.05) is 12.1 Å². The monoisotopic (exact) mass is 249 g/mol. The average Bonchev–Trinajstić information content (AvgIpc) is 2.16. The molecule has 1 aromatic rings. The maximum Gasteiger partial charge on any atom is 0.241 e. The van der Waals surface area contributed by atoms with Crippen molar-refractivity contribution < 1.29 is 12.8 Å². The predicted octanol–water partition coefficient (Wildman–Crippen LogP) is 1.71. The smallest absolute Gasteiger partial charge is 0.241 e. The molecule has 84 valence electrons. The Kier molecular flexibility index (Phi) is 4.12. The minimum atomic E-state index is -3.53. The number of nitrogens with one attached hydrogen (secondary N) is 1. The minimum Gasteiger partial charge on any atom is -0.246 e. The Labute approximate surface area is 94.2 Å². The van der Waals surface area contributed by atoms with Crippen molar-refractivity contribution in [1.29, 1.82) is 0 Å². The third kappa shape index (κ3) is 3.48. The molecule has 0 aliphatic heterocycles. The largest absolute Gasteiger partial charge is 0.246 e. The number of thiol groups is 1. The van der Waals surface area contributed by atoms with Crippen LogP contribution < -0.4 is 4.72 Å². The van der Waals surface area contributed by atoms with Crippen LogP contribution in [0.2, 0.25) is 0 Å². The number of alkyl halides is 1. The maximum absolute atomic E-state index is 12.2. The number of halogens is 1. The van der Waals surface area contributed by atoms with Crippen LogP contribution in [-0.4, -0.2) is 13.8 Å². The third-order valence-electron chi connectivity index (χ3n) is 1.71. The Morgan fingerprint density at radius 2 is 1.93 bits per heavy atom. The highest BCUT2D eigenvalue weighted by molar-refractivity contribution is 7.90. The summed E-state index contributed by atoms with van der Waals surface area (Å²) in [6.45, 7) is 1.01. The Balaban J connectivity index is 2.96. The molecule has 1 aromatic carbocycles. The summed E-state index contributed by atoms with van der Waals surface area (Å²) in [7, 11) is -3.53. The molecule has 0 saturated heterocycles. The fourth-order valence-corrected chi connectivity index (χ4v) is 2.55.